The summed E-state index contributed by atoms with van der Waals surface area (Å²) in [6.45, 7) is 3.34. The molecule has 3 fully saturated rings. The number of nitrogens with zero attached hydrogens (tertiary/aromatic N) is 2. The Labute approximate surface area is 102 Å². The smallest absolute Gasteiger partial charge is 0.246 e. The first-order valence-corrected chi connectivity index (χ1v) is 6.77. The van der Waals surface area contributed by atoms with Gasteiger partial charge in [0, 0.05) is 12.6 Å². The Hall–Kier alpha value is -1.06. The van der Waals surface area contributed by atoms with Gasteiger partial charge in [-0.05, 0) is 38.0 Å². The number of carbonyl (C=O) groups excluding carboxylic acids is 2. The number of amides is 2. The van der Waals surface area contributed by atoms with E-state index in [0.29, 0.717) is 18.5 Å². The minimum Gasteiger partial charge on any atom is -0.329 e. The van der Waals surface area contributed by atoms with Gasteiger partial charge in [-0.2, -0.15) is 0 Å². The van der Waals surface area contributed by atoms with Gasteiger partial charge in [0.05, 0.1) is 0 Å². The van der Waals surface area contributed by atoms with Gasteiger partial charge in [-0.15, -0.1) is 0 Å². The molecule has 1 aliphatic carbocycles. The standard InChI is InChI=1S/C13H20N2O2/c1-9-4-5-10(7-9)15-8-12(16)14-6-2-3-11(14)13(15)17/h9-11H,2-8H2,1H3. The van der Waals surface area contributed by atoms with Crippen LogP contribution < -0.4 is 0 Å². The van der Waals surface area contributed by atoms with E-state index in [1.807, 2.05) is 4.90 Å². The first-order chi connectivity index (χ1) is 8.16. The maximum Gasteiger partial charge on any atom is 0.246 e. The second kappa shape index (κ2) is 4.00. The van der Waals surface area contributed by atoms with E-state index < -0.39 is 0 Å². The number of piperazine rings is 1. The summed E-state index contributed by atoms with van der Waals surface area (Å²) in [5.41, 5.74) is 0. The van der Waals surface area contributed by atoms with Gasteiger partial charge >= 0.3 is 0 Å². The van der Waals surface area contributed by atoms with E-state index in [1.54, 1.807) is 4.90 Å². The van der Waals surface area contributed by atoms with E-state index in [9.17, 15) is 9.59 Å². The fourth-order valence-electron chi connectivity index (χ4n) is 3.60. The SMILES string of the molecule is CC1CCC(N2CC(=O)N3CCCC3C2=O)C1. The van der Waals surface area contributed by atoms with Gasteiger partial charge in [0.2, 0.25) is 11.8 Å². The van der Waals surface area contributed by atoms with Crippen LogP contribution >= 0.6 is 0 Å². The summed E-state index contributed by atoms with van der Waals surface area (Å²) >= 11 is 0. The molecule has 2 aliphatic heterocycles. The normalized spacial score (nSPS) is 37.8. The van der Waals surface area contributed by atoms with Crippen LogP contribution in [0.5, 0.6) is 0 Å². The van der Waals surface area contributed by atoms with Crippen LogP contribution in [0.4, 0.5) is 0 Å². The maximum absolute atomic E-state index is 12.4. The molecule has 2 heterocycles. The van der Waals surface area contributed by atoms with Gasteiger partial charge in [0.1, 0.15) is 12.6 Å². The van der Waals surface area contributed by atoms with Gasteiger partial charge < -0.3 is 9.80 Å². The zero-order valence-corrected chi connectivity index (χ0v) is 10.4. The fourth-order valence-corrected chi connectivity index (χ4v) is 3.60. The lowest BCUT2D eigenvalue weighted by molar-refractivity contribution is -0.155. The fraction of sp³-hybridized carbons (Fsp3) is 0.846. The third kappa shape index (κ3) is 1.74. The molecular formula is C13H20N2O2. The van der Waals surface area contributed by atoms with Gasteiger partial charge in [-0.1, -0.05) is 6.92 Å². The highest BCUT2D eigenvalue weighted by Gasteiger charge is 2.44. The predicted octanol–water partition coefficient (Wildman–Crippen LogP) is 1.01. The summed E-state index contributed by atoms with van der Waals surface area (Å²) in [4.78, 5) is 28.0. The van der Waals surface area contributed by atoms with E-state index in [0.717, 1.165) is 32.2 Å². The average Bonchev–Trinajstić information content (AvgIpc) is 2.91. The van der Waals surface area contributed by atoms with Crippen LogP contribution in [0.1, 0.15) is 39.0 Å². The average molecular weight is 236 g/mol. The van der Waals surface area contributed by atoms with Crippen LogP contribution in [0.15, 0.2) is 0 Å². The van der Waals surface area contributed by atoms with Crippen LogP contribution in [-0.4, -0.2) is 46.8 Å². The highest BCUT2D eigenvalue weighted by atomic mass is 16.2. The van der Waals surface area contributed by atoms with Gasteiger partial charge in [0.15, 0.2) is 0 Å². The number of hydrogen-bond acceptors (Lipinski definition) is 2. The lowest BCUT2D eigenvalue weighted by Crippen LogP contribution is -2.59. The van der Waals surface area contributed by atoms with E-state index in [2.05, 4.69) is 6.92 Å². The first-order valence-electron chi connectivity index (χ1n) is 6.77. The Morgan fingerprint density at radius 3 is 2.65 bits per heavy atom. The van der Waals surface area contributed by atoms with E-state index in [1.165, 1.54) is 6.42 Å². The Morgan fingerprint density at radius 1 is 1.12 bits per heavy atom. The Kier molecular flexibility index (Phi) is 2.60. The second-order valence-electron chi connectivity index (χ2n) is 5.78. The monoisotopic (exact) mass is 236 g/mol. The van der Waals surface area contributed by atoms with Crippen LogP contribution in [0, 0.1) is 5.92 Å². The minimum atomic E-state index is -0.132. The van der Waals surface area contributed by atoms with Crippen molar-refractivity contribution in [3.8, 4) is 0 Å². The number of hydrogen-bond donors (Lipinski definition) is 0. The van der Waals surface area contributed by atoms with Gasteiger partial charge in [-0.25, -0.2) is 0 Å². The zero-order valence-electron chi connectivity index (χ0n) is 10.4. The molecule has 3 rings (SSSR count). The first kappa shape index (κ1) is 11.1. The third-order valence-electron chi connectivity index (χ3n) is 4.55. The largest absolute Gasteiger partial charge is 0.329 e. The van der Waals surface area contributed by atoms with E-state index >= 15 is 0 Å². The molecule has 0 aromatic heterocycles. The van der Waals surface area contributed by atoms with Crippen molar-refractivity contribution in [3.05, 3.63) is 0 Å². The molecule has 3 unspecified atom stereocenters. The van der Waals surface area contributed by atoms with Crippen LogP contribution in [0.2, 0.25) is 0 Å². The lowest BCUT2D eigenvalue weighted by Gasteiger charge is -2.39. The molecule has 1 saturated carbocycles. The molecule has 94 valence electrons. The molecule has 0 aromatic carbocycles. The minimum absolute atomic E-state index is 0.132. The van der Waals surface area contributed by atoms with Crippen molar-refractivity contribution in [1.82, 2.24) is 9.80 Å². The third-order valence-corrected chi connectivity index (χ3v) is 4.55. The molecular weight excluding hydrogens is 216 g/mol. The quantitative estimate of drug-likeness (QED) is 0.681. The summed E-state index contributed by atoms with van der Waals surface area (Å²) < 4.78 is 0. The highest BCUT2D eigenvalue weighted by molar-refractivity contribution is 5.95. The van der Waals surface area contributed by atoms with Crippen molar-refractivity contribution in [1.29, 1.82) is 0 Å². The Morgan fingerprint density at radius 2 is 1.94 bits per heavy atom. The van der Waals surface area contributed by atoms with Crippen LogP contribution in [-0.2, 0) is 9.59 Å². The lowest BCUT2D eigenvalue weighted by atomic mass is 10.1. The second-order valence-corrected chi connectivity index (χ2v) is 5.78. The number of fused-ring (bicyclic) bond motifs is 1. The maximum atomic E-state index is 12.4. The van der Waals surface area contributed by atoms with Crippen molar-refractivity contribution < 1.29 is 9.59 Å². The molecule has 0 spiro atoms. The van der Waals surface area contributed by atoms with Crippen LogP contribution in [0.3, 0.4) is 0 Å². The molecule has 4 nitrogen and oxygen atoms in total. The summed E-state index contributed by atoms with van der Waals surface area (Å²) in [6, 6.07) is 0.191. The molecule has 4 heteroatoms. The molecule has 0 aromatic rings. The van der Waals surface area contributed by atoms with Crippen molar-refractivity contribution in [2.24, 2.45) is 5.92 Å². The molecule has 0 radical (unpaired) electrons. The summed E-state index contributed by atoms with van der Waals surface area (Å²) in [6.07, 6.45) is 5.19. The van der Waals surface area contributed by atoms with Crippen molar-refractivity contribution in [3.63, 3.8) is 0 Å². The molecule has 17 heavy (non-hydrogen) atoms. The van der Waals surface area contributed by atoms with Gasteiger partial charge in [0.25, 0.3) is 0 Å². The van der Waals surface area contributed by atoms with Gasteiger partial charge in [-0.3, -0.25) is 9.59 Å². The zero-order chi connectivity index (χ0) is 12.0. The summed E-state index contributed by atoms with van der Waals surface area (Å²) in [7, 11) is 0. The topological polar surface area (TPSA) is 40.6 Å². The van der Waals surface area contributed by atoms with E-state index in [-0.39, 0.29) is 17.9 Å². The van der Waals surface area contributed by atoms with Crippen molar-refractivity contribution in [2.75, 3.05) is 13.1 Å². The molecule has 2 saturated heterocycles. The molecule has 2 amide bonds. The number of carbonyl (C=O) groups is 2. The van der Waals surface area contributed by atoms with Crippen molar-refractivity contribution >= 4 is 11.8 Å². The Bertz CT molecular complexity index is 355. The Balaban J connectivity index is 1.77. The molecule has 3 atom stereocenters. The van der Waals surface area contributed by atoms with E-state index in [4.69, 9.17) is 0 Å². The van der Waals surface area contributed by atoms with Crippen LogP contribution in [0.25, 0.3) is 0 Å². The molecule has 0 bridgehead atoms. The predicted molar refractivity (Wildman–Crippen MR) is 63.3 cm³/mol. The number of rotatable bonds is 1. The summed E-state index contributed by atoms with van der Waals surface area (Å²) in [5, 5.41) is 0. The highest BCUT2D eigenvalue weighted by Crippen LogP contribution is 2.32. The molecule has 0 N–H and O–H groups in total. The molecule has 3 aliphatic rings. The summed E-state index contributed by atoms with van der Waals surface area (Å²) in [5.74, 6) is 1.07. The van der Waals surface area contributed by atoms with Crippen molar-refractivity contribution in [2.45, 2.75) is 51.1 Å².